The molecule has 0 radical (unpaired) electrons. The average Bonchev–Trinajstić information content (AvgIpc) is 2.75. The van der Waals surface area contributed by atoms with Gasteiger partial charge in [-0.2, -0.15) is 9.90 Å². The summed E-state index contributed by atoms with van der Waals surface area (Å²) in [6.07, 6.45) is 0. The van der Waals surface area contributed by atoms with Crippen molar-refractivity contribution in [2.45, 2.75) is 19.9 Å². The molecule has 0 aliphatic rings. The van der Waals surface area contributed by atoms with Crippen LogP contribution in [-0.2, 0) is 0 Å². The Hall–Kier alpha value is -1.88. The van der Waals surface area contributed by atoms with Gasteiger partial charge in [0.2, 0.25) is 0 Å². The summed E-state index contributed by atoms with van der Waals surface area (Å²) in [6, 6.07) is 6.84. The average molecular weight is 266 g/mol. The van der Waals surface area contributed by atoms with E-state index in [1.165, 1.54) is 4.80 Å². The first kappa shape index (κ1) is 12.6. The Kier molecular flexibility index (Phi) is 3.34. The quantitative estimate of drug-likeness (QED) is 0.926. The van der Waals surface area contributed by atoms with Crippen molar-refractivity contribution in [1.82, 2.24) is 15.0 Å². The molecule has 0 unspecified atom stereocenters. The van der Waals surface area contributed by atoms with Gasteiger partial charge in [0.15, 0.2) is 5.69 Å². The molecule has 94 valence electrons. The van der Waals surface area contributed by atoms with Crippen LogP contribution in [0.5, 0.6) is 0 Å². The van der Waals surface area contributed by atoms with Crippen LogP contribution in [0.3, 0.4) is 0 Å². The molecule has 18 heavy (non-hydrogen) atoms. The van der Waals surface area contributed by atoms with Gasteiger partial charge in [-0.3, -0.25) is 0 Å². The number of halogens is 1. The fourth-order valence-electron chi connectivity index (χ4n) is 1.50. The summed E-state index contributed by atoms with van der Waals surface area (Å²) in [6.45, 7) is 3.77. The van der Waals surface area contributed by atoms with Crippen LogP contribution in [0.25, 0.3) is 11.3 Å². The van der Waals surface area contributed by atoms with Crippen molar-refractivity contribution in [3.05, 3.63) is 35.0 Å². The van der Waals surface area contributed by atoms with E-state index in [2.05, 4.69) is 10.2 Å². The van der Waals surface area contributed by atoms with E-state index in [4.69, 9.17) is 16.7 Å². The maximum atomic E-state index is 11.2. The number of carboxylic acid groups (broad SMARTS) is 1. The number of carbonyl (C=O) groups is 1. The molecule has 0 fully saturated rings. The standard InChI is InChI=1S/C12H12ClN3O2/c1-7(2)16-14-10(11(15-16)12(17)18)8-3-5-9(13)6-4-8/h3-7H,1-2H3,(H,17,18). The molecule has 1 N–H and O–H groups in total. The van der Waals surface area contributed by atoms with Crippen LogP contribution in [-0.4, -0.2) is 26.1 Å². The van der Waals surface area contributed by atoms with Gasteiger partial charge in [0.1, 0.15) is 5.69 Å². The molecule has 1 heterocycles. The van der Waals surface area contributed by atoms with Gasteiger partial charge in [0, 0.05) is 10.6 Å². The zero-order valence-electron chi connectivity index (χ0n) is 9.96. The highest BCUT2D eigenvalue weighted by molar-refractivity contribution is 6.30. The van der Waals surface area contributed by atoms with Crippen LogP contribution in [0.1, 0.15) is 30.4 Å². The van der Waals surface area contributed by atoms with Crippen molar-refractivity contribution in [3.63, 3.8) is 0 Å². The van der Waals surface area contributed by atoms with E-state index in [0.29, 0.717) is 16.3 Å². The molecule has 0 bridgehead atoms. The number of hydrogen-bond donors (Lipinski definition) is 1. The number of benzene rings is 1. The molecule has 0 aliphatic carbocycles. The van der Waals surface area contributed by atoms with Crippen molar-refractivity contribution in [2.75, 3.05) is 0 Å². The minimum absolute atomic E-state index is 0.00384. The topological polar surface area (TPSA) is 68.0 Å². The molecule has 0 spiro atoms. The van der Waals surface area contributed by atoms with Crippen molar-refractivity contribution < 1.29 is 9.90 Å². The lowest BCUT2D eigenvalue weighted by Crippen LogP contribution is -2.06. The summed E-state index contributed by atoms with van der Waals surface area (Å²) in [4.78, 5) is 12.6. The fourth-order valence-corrected chi connectivity index (χ4v) is 1.63. The first-order valence-electron chi connectivity index (χ1n) is 5.45. The van der Waals surface area contributed by atoms with Crippen LogP contribution >= 0.6 is 11.6 Å². The van der Waals surface area contributed by atoms with E-state index in [9.17, 15) is 4.79 Å². The lowest BCUT2D eigenvalue weighted by Gasteiger charge is -2.01. The normalized spacial score (nSPS) is 10.9. The van der Waals surface area contributed by atoms with Crippen molar-refractivity contribution >= 4 is 17.6 Å². The minimum Gasteiger partial charge on any atom is -0.476 e. The molecule has 0 atom stereocenters. The van der Waals surface area contributed by atoms with Crippen molar-refractivity contribution in [2.24, 2.45) is 0 Å². The van der Waals surface area contributed by atoms with Crippen molar-refractivity contribution in [3.8, 4) is 11.3 Å². The lowest BCUT2D eigenvalue weighted by molar-refractivity contribution is 0.0690. The number of rotatable bonds is 3. The van der Waals surface area contributed by atoms with Gasteiger partial charge >= 0.3 is 5.97 Å². The largest absolute Gasteiger partial charge is 0.476 e. The van der Waals surface area contributed by atoms with E-state index in [0.717, 1.165) is 0 Å². The third kappa shape index (κ3) is 2.36. The predicted octanol–water partition coefficient (Wildman–Crippen LogP) is 2.88. The Balaban J connectivity index is 2.55. The Morgan fingerprint density at radius 2 is 1.89 bits per heavy atom. The number of carboxylic acids is 1. The van der Waals surface area contributed by atoms with Crippen LogP contribution < -0.4 is 0 Å². The molecule has 2 rings (SSSR count). The molecule has 1 aromatic carbocycles. The monoisotopic (exact) mass is 265 g/mol. The van der Waals surface area contributed by atoms with Gasteiger partial charge in [-0.1, -0.05) is 23.7 Å². The molecule has 0 amide bonds. The van der Waals surface area contributed by atoms with Gasteiger partial charge in [-0.05, 0) is 26.0 Å². The van der Waals surface area contributed by atoms with Crippen molar-refractivity contribution in [1.29, 1.82) is 0 Å². The second-order valence-electron chi connectivity index (χ2n) is 4.12. The third-order valence-corrected chi connectivity index (χ3v) is 2.66. The molecule has 0 saturated heterocycles. The SMILES string of the molecule is CC(C)n1nc(C(=O)O)c(-c2ccc(Cl)cc2)n1. The maximum Gasteiger partial charge on any atom is 0.358 e. The van der Waals surface area contributed by atoms with Crippen LogP contribution in [0.15, 0.2) is 24.3 Å². The summed E-state index contributed by atoms with van der Waals surface area (Å²) >= 11 is 5.80. The molecule has 0 aliphatic heterocycles. The van der Waals surface area contributed by atoms with E-state index in [-0.39, 0.29) is 11.7 Å². The first-order chi connectivity index (χ1) is 8.49. The zero-order valence-corrected chi connectivity index (χ0v) is 10.7. The molecule has 6 heteroatoms. The second kappa shape index (κ2) is 4.78. The van der Waals surface area contributed by atoms with E-state index >= 15 is 0 Å². The van der Waals surface area contributed by atoms with Gasteiger partial charge in [0.05, 0.1) is 6.04 Å². The second-order valence-corrected chi connectivity index (χ2v) is 4.56. The van der Waals surface area contributed by atoms with Crippen LogP contribution in [0, 0.1) is 0 Å². The smallest absolute Gasteiger partial charge is 0.358 e. The predicted molar refractivity (Wildman–Crippen MR) is 67.8 cm³/mol. The molecular weight excluding hydrogens is 254 g/mol. The van der Waals surface area contributed by atoms with Crippen LogP contribution in [0.4, 0.5) is 0 Å². The fraction of sp³-hybridized carbons (Fsp3) is 0.250. The van der Waals surface area contributed by atoms with Gasteiger partial charge < -0.3 is 5.11 Å². The minimum atomic E-state index is -1.09. The number of aromatic carboxylic acids is 1. The summed E-state index contributed by atoms with van der Waals surface area (Å²) in [5.74, 6) is -1.09. The Bertz CT molecular complexity index is 576. The maximum absolute atomic E-state index is 11.2. The highest BCUT2D eigenvalue weighted by atomic mass is 35.5. The van der Waals surface area contributed by atoms with Crippen LogP contribution in [0.2, 0.25) is 5.02 Å². The zero-order chi connectivity index (χ0) is 13.3. The van der Waals surface area contributed by atoms with Gasteiger partial charge in [-0.25, -0.2) is 4.79 Å². The molecular formula is C12H12ClN3O2. The highest BCUT2D eigenvalue weighted by Gasteiger charge is 2.20. The van der Waals surface area contributed by atoms with E-state index in [1.807, 2.05) is 13.8 Å². The highest BCUT2D eigenvalue weighted by Crippen LogP contribution is 2.23. The van der Waals surface area contributed by atoms with Gasteiger partial charge in [-0.15, -0.1) is 5.10 Å². The molecule has 1 aromatic heterocycles. The lowest BCUT2D eigenvalue weighted by atomic mass is 10.1. The first-order valence-corrected chi connectivity index (χ1v) is 5.83. The van der Waals surface area contributed by atoms with Gasteiger partial charge in [0.25, 0.3) is 0 Å². The third-order valence-electron chi connectivity index (χ3n) is 2.41. The Morgan fingerprint density at radius 1 is 1.28 bits per heavy atom. The molecule has 0 saturated carbocycles. The summed E-state index contributed by atoms with van der Waals surface area (Å²) in [5, 5.41) is 17.9. The summed E-state index contributed by atoms with van der Waals surface area (Å²) in [7, 11) is 0. The number of aromatic nitrogens is 3. The molecule has 5 nitrogen and oxygen atoms in total. The summed E-state index contributed by atoms with van der Waals surface area (Å²) < 4.78 is 0. The number of hydrogen-bond acceptors (Lipinski definition) is 3. The molecule has 2 aromatic rings. The van der Waals surface area contributed by atoms with E-state index in [1.54, 1.807) is 24.3 Å². The van der Waals surface area contributed by atoms with E-state index < -0.39 is 5.97 Å². The summed E-state index contributed by atoms with van der Waals surface area (Å²) in [5.41, 5.74) is 0.989. The Labute approximate surface area is 109 Å². The number of nitrogens with zero attached hydrogens (tertiary/aromatic N) is 3. The Morgan fingerprint density at radius 3 is 2.39 bits per heavy atom.